The molecule has 0 radical (unpaired) electrons. The van der Waals surface area contributed by atoms with Crippen molar-refractivity contribution in [3.05, 3.63) is 18.1 Å². The Kier molecular flexibility index (Phi) is 3.89. The van der Waals surface area contributed by atoms with E-state index in [4.69, 9.17) is 15.2 Å². The molecule has 0 aromatic carbocycles. The van der Waals surface area contributed by atoms with E-state index >= 15 is 0 Å². The van der Waals surface area contributed by atoms with Gasteiger partial charge < -0.3 is 15.2 Å². The molecule has 1 aromatic rings. The Hall–Kier alpha value is -1.20. The minimum absolute atomic E-state index is 0.0618. The van der Waals surface area contributed by atoms with Crippen LogP contribution in [0.5, 0.6) is 5.88 Å². The van der Waals surface area contributed by atoms with Crippen LogP contribution in [0.2, 0.25) is 0 Å². The van der Waals surface area contributed by atoms with Crippen LogP contribution in [0.25, 0.3) is 0 Å². The summed E-state index contributed by atoms with van der Waals surface area (Å²) >= 11 is 0. The van der Waals surface area contributed by atoms with Crippen LogP contribution in [-0.4, -0.2) is 29.3 Å². The zero-order chi connectivity index (χ0) is 14.0. The fourth-order valence-electron chi connectivity index (χ4n) is 3.63. The molecule has 1 saturated carbocycles. The standard InChI is InChI=1S/C15H23N3O2/c1-19-13-8-12(17-10-18-13)14(16)11-4-7-20-15(9-11)5-2-3-6-15/h8,10-11,14H,2-7,9,16H2,1H3. The minimum atomic E-state index is -0.0618. The highest BCUT2D eigenvalue weighted by Gasteiger charge is 2.41. The number of rotatable bonds is 3. The molecule has 2 fully saturated rings. The maximum atomic E-state index is 6.44. The third-order valence-electron chi connectivity index (χ3n) is 4.77. The van der Waals surface area contributed by atoms with Crippen LogP contribution in [0.4, 0.5) is 0 Å². The molecular formula is C15H23N3O2. The zero-order valence-electron chi connectivity index (χ0n) is 12.0. The van der Waals surface area contributed by atoms with E-state index in [1.54, 1.807) is 7.11 Å². The monoisotopic (exact) mass is 277 g/mol. The minimum Gasteiger partial charge on any atom is -0.481 e. The molecule has 3 rings (SSSR count). The predicted molar refractivity (Wildman–Crippen MR) is 75.4 cm³/mol. The van der Waals surface area contributed by atoms with E-state index in [9.17, 15) is 0 Å². The van der Waals surface area contributed by atoms with Crippen molar-refractivity contribution in [3.8, 4) is 5.88 Å². The number of nitrogens with two attached hydrogens (primary N) is 1. The van der Waals surface area contributed by atoms with E-state index in [2.05, 4.69) is 9.97 Å². The highest BCUT2D eigenvalue weighted by molar-refractivity contribution is 5.17. The molecule has 1 aliphatic carbocycles. The Bertz CT molecular complexity index is 460. The van der Waals surface area contributed by atoms with Gasteiger partial charge in [-0.1, -0.05) is 12.8 Å². The van der Waals surface area contributed by atoms with Gasteiger partial charge in [-0.25, -0.2) is 9.97 Å². The lowest BCUT2D eigenvalue weighted by Gasteiger charge is -2.40. The second-order valence-electron chi connectivity index (χ2n) is 6.00. The van der Waals surface area contributed by atoms with Gasteiger partial charge in [0.15, 0.2) is 0 Å². The van der Waals surface area contributed by atoms with E-state index in [0.29, 0.717) is 11.8 Å². The van der Waals surface area contributed by atoms with Crippen molar-refractivity contribution in [2.75, 3.05) is 13.7 Å². The van der Waals surface area contributed by atoms with E-state index in [-0.39, 0.29) is 11.6 Å². The quantitative estimate of drug-likeness (QED) is 0.917. The second-order valence-corrected chi connectivity index (χ2v) is 6.00. The van der Waals surface area contributed by atoms with Crippen molar-refractivity contribution in [1.82, 2.24) is 9.97 Å². The summed E-state index contributed by atoms with van der Waals surface area (Å²) in [6.07, 6.45) is 8.52. The average molecular weight is 277 g/mol. The van der Waals surface area contributed by atoms with Gasteiger partial charge in [-0.3, -0.25) is 0 Å². The van der Waals surface area contributed by atoms with Gasteiger partial charge in [0, 0.05) is 12.7 Å². The number of hydrogen-bond donors (Lipinski definition) is 1. The molecule has 0 amide bonds. The summed E-state index contributed by atoms with van der Waals surface area (Å²) in [6.45, 7) is 0.820. The topological polar surface area (TPSA) is 70.3 Å². The summed E-state index contributed by atoms with van der Waals surface area (Å²) in [6, 6.07) is 1.79. The first-order chi connectivity index (χ1) is 9.72. The van der Waals surface area contributed by atoms with Crippen molar-refractivity contribution in [2.24, 2.45) is 11.7 Å². The van der Waals surface area contributed by atoms with Crippen LogP contribution in [0.1, 0.15) is 50.3 Å². The molecule has 2 heterocycles. The van der Waals surface area contributed by atoms with Gasteiger partial charge in [0.05, 0.1) is 24.4 Å². The number of ether oxygens (including phenoxy) is 2. The van der Waals surface area contributed by atoms with Crippen LogP contribution >= 0.6 is 0 Å². The van der Waals surface area contributed by atoms with Crippen molar-refractivity contribution < 1.29 is 9.47 Å². The van der Waals surface area contributed by atoms with Gasteiger partial charge in [-0.2, -0.15) is 0 Å². The molecule has 110 valence electrons. The average Bonchev–Trinajstić information content (AvgIpc) is 2.94. The van der Waals surface area contributed by atoms with Crippen molar-refractivity contribution in [2.45, 2.75) is 50.2 Å². The van der Waals surface area contributed by atoms with E-state index < -0.39 is 0 Å². The lowest BCUT2D eigenvalue weighted by Crippen LogP contribution is -2.40. The van der Waals surface area contributed by atoms with Crippen LogP contribution in [0.15, 0.2) is 12.4 Å². The normalized spacial score (nSPS) is 26.6. The molecule has 20 heavy (non-hydrogen) atoms. The van der Waals surface area contributed by atoms with Crippen LogP contribution in [-0.2, 0) is 4.74 Å². The molecule has 1 spiro atoms. The van der Waals surface area contributed by atoms with Gasteiger partial charge in [-0.05, 0) is 31.6 Å². The lowest BCUT2D eigenvalue weighted by molar-refractivity contribution is -0.0965. The lowest BCUT2D eigenvalue weighted by atomic mass is 9.80. The van der Waals surface area contributed by atoms with E-state index in [1.807, 2.05) is 6.07 Å². The first-order valence-electron chi connectivity index (χ1n) is 7.48. The summed E-state index contributed by atoms with van der Waals surface area (Å²) in [4.78, 5) is 8.36. The first-order valence-corrected chi connectivity index (χ1v) is 7.48. The molecule has 2 unspecified atom stereocenters. The highest BCUT2D eigenvalue weighted by Crippen LogP contribution is 2.44. The van der Waals surface area contributed by atoms with Gasteiger partial charge >= 0.3 is 0 Å². The van der Waals surface area contributed by atoms with Crippen molar-refractivity contribution in [1.29, 1.82) is 0 Å². The zero-order valence-corrected chi connectivity index (χ0v) is 12.0. The molecule has 1 aromatic heterocycles. The third kappa shape index (κ3) is 2.65. The van der Waals surface area contributed by atoms with Gasteiger partial charge in [0.2, 0.25) is 5.88 Å². The highest BCUT2D eigenvalue weighted by atomic mass is 16.5. The summed E-state index contributed by atoms with van der Waals surface area (Å²) in [5, 5.41) is 0. The molecular weight excluding hydrogens is 254 g/mol. The Morgan fingerprint density at radius 3 is 2.95 bits per heavy atom. The number of aromatic nitrogens is 2. The van der Waals surface area contributed by atoms with Crippen molar-refractivity contribution in [3.63, 3.8) is 0 Å². The Labute approximate surface area is 119 Å². The first kappa shape index (κ1) is 13.8. The summed E-state index contributed by atoms with van der Waals surface area (Å²) in [7, 11) is 1.61. The predicted octanol–water partition coefficient (Wildman–Crippen LogP) is 2.22. The Balaban J connectivity index is 1.74. The molecule has 1 saturated heterocycles. The number of hydrogen-bond acceptors (Lipinski definition) is 5. The molecule has 5 nitrogen and oxygen atoms in total. The molecule has 0 bridgehead atoms. The molecule has 5 heteroatoms. The van der Waals surface area contributed by atoms with Gasteiger partial charge in [-0.15, -0.1) is 0 Å². The van der Waals surface area contributed by atoms with Gasteiger partial charge in [0.1, 0.15) is 6.33 Å². The summed E-state index contributed by atoms with van der Waals surface area (Å²) in [5.41, 5.74) is 7.41. The Morgan fingerprint density at radius 2 is 2.20 bits per heavy atom. The molecule has 2 N–H and O–H groups in total. The van der Waals surface area contributed by atoms with E-state index in [0.717, 1.165) is 25.1 Å². The molecule has 2 aliphatic rings. The van der Waals surface area contributed by atoms with Crippen LogP contribution in [0, 0.1) is 5.92 Å². The Morgan fingerprint density at radius 1 is 1.40 bits per heavy atom. The van der Waals surface area contributed by atoms with E-state index in [1.165, 1.54) is 32.0 Å². The van der Waals surface area contributed by atoms with Crippen molar-refractivity contribution >= 4 is 0 Å². The fraction of sp³-hybridized carbons (Fsp3) is 0.733. The molecule has 2 atom stereocenters. The largest absolute Gasteiger partial charge is 0.481 e. The maximum Gasteiger partial charge on any atom is 0.216 e. The number of nitrogens with zero attached hydrogens (tertiary/aromatic N) is 2. The van der Waals surface area contributed by atoms with Crippen LogP contribution in [0.3, 0.4) is 0 Å². The van der Waals surface area contributed by atoms with Gasteiger partial charge in [0.25, 0.3) is 0 Å². The fourth-order valence-corrected chi connectivity index (χ4v) is 3.63. The number of methoxy groups -OCH3 is 1. The summed E-state index contributed by atoms with van der Waals surface area (Å²) in [5.74, 6) is 1.01. The molecule has 1 aliphatic heterocycles. The SMILES string of the molecule is COc1cc(C(N)C2CCOC3(CCCC3)C2)ncn1. The summed E-state index contributed by atoms with van der Waals surface area (Å²) < 4.78 is 11.2. The second kappa shape index (κ2) is 5.66. The van der Waals surface area contributed by atoms with Crippen LogP contribution < -0.4 is 10.5 Å². The maximum absolute atomic E-state index is 6.44. The third-order valence-corrected chi connectivity index (χ3v) is 4.77. The smallest absolute Gasteiger partial charge is 0.216 e.